The third kappa shape index (κ3) is 5.65. The monoisotopic (exact) mass is 248 g/mol. The Kier molecular flexibility index (Phi) is 6.99. The summed E-state index contributed by atoms with van der Waals surface area (Å²) in [4.78, 5) is 2.41. The van der Waals surface area contributed by atoms with Gasteiger partial charge in [0.1, 0.15) is 0 Å². The number of nitrogens with zero attached hydrogens (tertiary/aromatic N) is 1. The number of rotatable bonds is 8. The maximum absolute atomic E-state index is 3.19. The van der Waals surface area contributed by atoms with Gasteiger partial charge >= 0.3 is 0 Å². The number of hydrogen-bond donors (Lipinski definition) is 1. The third-order valence-electron chi connectivity index (χ3n) is 3.40. The maximum Gasteiger partial charge on any atom is 0.00188 e. The van der Waals surface area contributed by atoms with E-state index in [1.807, 2.05) is 7.05 Å². The highest BCUT2D eigenvalue weighted by Crippen LogP contribution is 2.14. The van der Waals surface area contributed by atoms with Crippen LogP contribution in [0.2, 0.25) is 0 Å². The zero-order valence-electron chi connectivity index (χ0n) is 12.4. The van der Waals surface area contributed by atoms with Crippen LogP contribution in [-0.4, -0.2) is 38.6 Å². The molecule has 102 valence electrons. The minimum atomic E-state index is 0.628. The molecule has 1 aromatic carbocycles. The van der Waals surface area contributed by atoms with Crippen LogP contribution in [0, 0.1) is 0 Å². The molecule has 0 atom stereocenters. The van der Waals surface area contributed by atoms with Crippen molar-refractivity contribution in [2.24, 2.45) is 0 Å². The van der Waals surface area contributed by atoms with Crippen molar-refractivity contribution in [3.05, 3.63) is 35.4 Å². The Morgan fingerprint density at radius 1 is 1.11 bits per heavy atom. The molecule has 0 saturated heterocycles. The third-order valence-corrected chi connectivity index (χ3v) is 3.40. The van der Waals surface area contributed by atoms with E-state index < -0.39 is 0 Å². The second kappa shape index (κ2) is 8.28. The summed E-state index contributed by atoms with van der Waals surface area (Å²) >= 11 is 0. The van der Waals surface area contributed by atoms with Crippen molar-refractivity contribution < 1.29 is 0 Å². The zero-order chi connectivity index (χ0) is 13.4. The van der Waals surface area contributed by atoms with Crippen LogP contribution in [0.15, 0.2) is 24.3 Å². The van der Waals surface area contributed by atoms with Crippen LogP contribution in [0.5, 0.6) is 0 Å². The highest BCUT2D eigenvalue weighted by molar-refractivity contribution is 5.24. The van der Waals surface area contributed by atoms with E-state index in [-0.39, 0.29) is 0 Å². The minimum absolute atomic E-state index is 0.628. The summed E-state index contributed by atoms with van der Waals surface area (Å²) in [6.45, 7) is 7.90. The van der Waals surface area contributed by atoms with E-state index in [1.165, 1.54) is 24.1 Å². The first kappa shape index (κ1) is 15.2. The van der Waals surface area contributed by atoms with Crippen LogP contribution in [0.3, 0.4) is 0 Å². The topological polar surface area (TPSA) is 15.3 Å². The zero-order valence-corrected chi connectivity index (χ0v) is 12.4. The number of hydrogen-bond acceptors (Lipinski definition) is 2. The molecule has 0 aliphatic heterocycles. The van der Waals surface area contributed by atoms with Gasteiger partial charge in [-0.05, 0) is 57.1 Å². The molecule has 0 aliphatic rings. The van der Waals surface area contributed by atoms with Crippen LogP contribution in [0.1, 0.15) is 37.3 Å². The van der Waals surface area contributed by atoms with E-state index in [2.05, 4.69) is 55.4 Å². The number of benzene rings is 1. The van der Waals surface area contributed by atoms with Gasteiger partial charge in [-0.3, -0.25) is 0 Å². The average molecular weight is 248 g/mol. The summed E-state index contributed by atoms with van der Waals surface area (Å²) in [5.74, 6) is 0.628. The van der Waals surface area contributed by atoms with Gasteiger partial charge in [0.25, 0.3) is 0 Å². The predicted molar refractivity (Wildman–Crippen MR) is 80.3 cm³/mol. The van der Waals surface area contributed by atoms with E-state index in [4.69, 9.17) is 0 Å². The lowest BCUT2D eigenvalue weighted by Gasteiger charge is -2.16. The molecule has 0 aliphatic carbocycles. The Balaban J connectivity index is 2.30. The van der Waals surface area contributed by atoms with Gasteiger partial charge in [-0.25, -0.2) is 0 Å². The lowest BCUT2D eigenvalue weighted by atomic mass is 10.0. The summed E-state index contributed by atoms with van der Waals surface area (Å²) in [7, 11) is 4.22. The molecule has 2 nitrogen and oxygen atoms in total. The summed E-state index contributed by atoms with van der Waals surface area (Å²) in [6, 6.07) is 9.08. The van der Waals surface area contributed by atoms with Crippen molar-refractivity contribution in [1.82, 2.24) is 10.2 Å². The van der Waals surface area contributed by atoms with Gasteiger partial charge in [0.2, 0.25) is 0 Å². The molecule has 2 heteroatoms. The second-order valence-corrected chi connectivity index (χ2v) is 5.41. The van der Waals surface area contributed by atoms with E-state index in [0.29, 0.717) is 5.92 Å². The number of likely N-dealkylation sites (N-methyl/N-ethyl adjacent to an activating group) is 1. The van der Waals surface area contributed by atoms with Crippen molar-refractivity contribution in [2.75, 3.05) is 33.7 Å². The quantitative estimate of drug-likeness (QED) is 0.712. The van der Waals surface area contributed by atoms with Gasteiger partial charge in [-0.2, -0.15) is 0 Å². The maximum atomic E-state index is 3.19. The molecule has 1 aromatic rings. The molecule has 0 fully saturated rings. The molecule has 0 amide bonds. The largest absolute Gasteiger partial charge is 0.320 e. The van der Waals surface area contributed by atoms with Crippen molar-refractivity contribution in [1.29, 1.82) is 0 Å². The van der Waals surface area contributed by atoms with E-state index in [9.17, 15) is 0 Å². The van der Waals surface area contributed by atoms with Crippen LogP contribution in [-0.2, 0) is 6.42 Å². The Bertz CT molecular complexity index is 316. The molecular formula is C16H28N2. The van der Waals surface area contributed by atoms with Gasteiger partial charge in [0.15, 0.2) is 0 Å². The fourth-order valence-electron chi connectivity index (χ4n) is 2.03. The standard InChI is InChI=1S/C16H28N2/c1-14(2)16-8-6-15(7-9-16)10-13-18(4)12-5-11-17-3/h6-9,14,17H,5,10-13H2,1-4H3. The van der Waals surface area contributed by atoms with Crippen molar-refractivity contribution in [2.45, 2.75) is 32.6 Å². The lowest BCUT2D eigenvalue weighted by Crippen LogP contribution is -2.24. The van der Waals surface area contributed by atoms with Crippen molar-refractivity contribution in [3.8, 4) is 0 Å². The average Bonchev–Trinajstić information content (AvgIpc) is 2.37. The second-order valence-electron chi connectivity index (χ2n) is 5.41. The molecule has 0 saturated carbocycles. The van der Waals surface area contributed by atoms with Gasteiger partial charge in [0.05, 0.1) is 0 Å². The number of nitrogens with one attached hydrogen (secondary N) is 1. The molecule has 0 radical (unpaired) electrons. The highest BCUT2D eigenvalue weighted by Gasteiger charge is 2.01. The molecule has 0 spiro atoms. The SMILES string of the molecule is CNCCCN(C)CCc1ccc(C(C)C)cc1. The molecular weight excluding hydrogens is 220 g/mol. The van der Waals surface area contributed by atoms with Crippen LogP contribution < -0.4 is 5.32 Å². The smallest absolute Gasteiger partial charge is 0.00188 e. The first-order chi connectivity index (χ1) is 8.63. The first-order valence-corrected chi connectivity index (χ1v) is 7.05. The first-order valence-electron chi connectivity index (χ1n) is 7.05. The summed E-state index contributed by atoms with van der Waals surface area (Å²) in [6.07, 6.45) is 2.37. The summed E-state index contributed by atoms with van der Waals surface area (Å²) in [5.41, 5.74) is 2.88. The van der Waals surface area contributed by atoms with Crippen LogP contribution in [0.25, 0.3) is 0 Å². The van der Waals surface area contributed by atoms with Crippen molar-refractivity contribution in [3.63, 3.8) is 0 Å². The molecule has 0 unspecified atom stereocenters. The molecule has 1 N–H and O–H groups in total. The van der Waals surface area contributed by atoms with Gasteiger partial charge < -0.3 is 10.2 Å². The predicted octanol–water partition coefficient (Wildman–Crippen LogP) is 2.89. The molecule has 18 heavy (non-hydrogen) atoms. The van der Waals surface area contributed by atoms with Gasteiger partial charge in [0, 0.05) is 6.54 Å². The lowest BCUT2D eigenvalue weighted by molar-refractivity contribution is 0.332. The van der Waals surface area contributed by atoms with E-state index in [0.717, 1.165) is 19.5 Å². The van der Waals surface area contributed by atoms with Gasteiger partial charge in [-0.15, -0.1) is 0 Å². The fourth-order valence-corrected chi connectivity index (χ4v) is 2.03. The fraction of sp³-hybridized carbons (Fsp3) is 0.625. The van der Waals surface area contributed by atoms with Gasteiger partial charge in [-0.1, -0.05) is 38.1 Å². The summed E-state index contributed by atoms with van der Waals surface area (Å²) < 4.78 is 0. The Hall–Kier alpha value is -0.860. The van der Waals surface area contributed by atoms with Crippen LogP contribution >= 0.6 is 0 Å². The Morgan fingerprint density at radius 2 is 1.78 bits per heavy atom. The molecule has 1 rings (SSSR count). The Morgan fingerprint density at radius 3 is 2.33 bits per heavy atom. The molecule has 0 heterocycles. The highest BCUT2D eigenvalue weighted by atomic mass is 15.1. The Labute approximate surface area is 112 Å². The van der Waals surface area contributed by atoms with Crippen molar-refractivity contribution >= 4 is 0 Å². The van der Waals surface area contributed by atoms with E-state index in [1.54, 1.807) is 0 Å². The minimum Gasteiger partial charge on any atom is -0.320 e. The normalized spacial score (nSPS) is 11.4. The van der Waals surface area contributed by atoms with E-state index >= 15 is 0 Å². The summed E-state index contributed by atoms with van der Waals surface area (Å²) in [5, 5.41) is 3.19. The molecule has 0 bridgehead atoms. The van der Waals surface area contributed by atoms with Crippen LogP contribution in [0.4, 0.5) is 0 Å². The molecule has 0 aromatic heterocycles.